The molecule has 7 heteroatoms. The maximum absolute atomic E-state index is 13.4. The molecule has 0 unspecified atom stereocenters. The molecule has 1 N–H and O–H groups in total. The summed E-state index contributed by atoms with van der Waals surface area (Å²) in [5.41, 5.74) is 4.94. The van der Waals surface area contributed by atoms with Crippen LogP contribution in [0.25, 0.3) is 5.52 Å². The predicted molar refractivity (Wildman–Crippen MR) is 128 cm³/mol. The Hall–Kier alpha value is -2.83. The van der Waals surface area contributed by atoms with Crippen LogP contribution in [0, 0.1) is 5.82 Å². The molecule has 0 amide bonds. The van der Waals surface area contributed by atoms with Crippen LogP contribution in [0.3, 0.4) is 0 Å². The second-order valence-electron chi connectivity index (χ2n) is 7.11. The third kappa shape index (κ3) is 5.27. The van der Waals surface area contributed by atoms with E-state index in [1.165, 1.54) is 12.4 Å². The Balaban J connectivity index is 1.50. The van der Waals surface area contributed by atoms with Gasteiger partial charge in [0.05, 0.1) is 0 Å². The van der Waals surface area contributed by atoms with Gasteiger partial charge >= 0.3 is 0 Å². The minimum Gasteiger partial charge on any atom is -0.338 e. The molecular formula is C24H22ClFN4S. The molecule has 0 aliphatic rings. The zero-order valence-corrected chi connectivity index (χ0v) is 18.5. The number of rotatable bonds is 9. The van der Waals surface area contributed by atoms with Gasteiger partial charge in [-0.15, -0.1) is 6.58 Å². The van der Waals surface area contributed by atoms with E-state index in [2.05, 4.69) is 28.0 Å². The molecule has 4 aromatic rings. The topological polar surface area (TPSA) is 42.2 Å². The summed E-state index contributed by atoms with van der Waals surface area (Å²) in [4.78, 5) is 4.45. The fraction of sp³-hybridized carbons (Fsp3) is 0.167. The van der Waals surface area contributed by atoms with Gasteiger partial charge in [0.15, 0.2) is 5.82 Å². The van der Waals surface area contributed by atoms with Gasteiger partial charge < -0.3 is 5.32 Å². The fourth-order valence-corrected chi connectivity index (χ4v) is 4.43. The van der Waals surface area contributed by atoms with Crippen LogP contribution in [-0.4, -0.2) is 20.4 Å². The van der Waals surface area contributed by atoms with Crippen LogP contribution in [0.4, 0.5) is 15.9 Å². The molecule has 158 valence electrons. The van der Waals surface area contributed by atoms with Crippen molar-refractivity contribution in [3.63, 3.8) is 0 Å². The van der Waals surface area contributed by atoms with Crippen molar-refractivity contribution in [2.45, 2.75) is 18.6 Å². The first-order valence-corrected chi connectivity index (χ1v) is 11.5. The van der Waals surface area contributed by atoms with E-state index < -0.39 is 0 Å². The first-order valence-electron chi connectivity index (χ1n) is 9.94. The molecule has 2 heterocycles. The van der Waals surface area contributed by atoms with E-state index in [-0.39, 0.29) is 5.82 Å². The van der Waals surface area contributed by atoms with Crippen LogP contribution in [0.15, 0.2) is 73.7 Å². The molecule has 0 bridgehead atoms. The molecule has 0 spiro atoms. The number of anilines is 2. The molecular weight excluding hydrogens is 431 g/mol. The average molecular weight is 453 g/mol. The van der Waals surface area contributed by atoms with E-state index in [9.17, 15) is 4.39 Å². The molecule has 0 aliphatic heterocycles. The average Bonchev–Trinajstić information content (AvgIpc) is 3.18. The van der Waals surface area contributed by atoms with E-state index in [0.29, 0.717) is 5.02 Å². The fourth-order valence-electron chi connectivity index (χ4n) is 3.41. The Morgan fingerprint density at radius 1 is 1.13 bits per heavy atom. The minimum absolute atomic E-state index is 0.216. The molecule has 0 saturated heterocycles. The highest BCUT2D eigenvalue weighted by Crippen LogP contribution is 2.28. The highest BCUT2D eigenvalue weighted by atomic mass is 35.5. The molecule has 2 aromatic carbocycles. The summed E-state index contributed by atoms with van der Waals surface area (Å²) in [6, 6.07) is 14.6. The number of nitrogens with zero attached hydrogens (tertiary/aromatic N) is 3. The Morgan fingerprint density at radius 2 is 2.03 bits per heavy atom. The molecule has 0 saturated carbocycles. The Bertz CT molecular complexity index is 1210. The first-order chi connectivity index (χ1) is 15.1. The minimum atomic E-state index is -0.216. The van der Waals surface area contributed by atoms with E-state index in [1.54, 1.807) is 23.9 Å². The number of fused-ring (bicyclic) bond motifs is 1. The van der Waals surface area contributed by atoms with Gasteiger partial charge in [-0.3, -0.25) is 0 Å². The lowest BCUT2D eigenvalue weighted by molar-refractivity contribution is 0.625. The Labute approximate surface area is 190 Å². The summed E-state index contributed by atoms with van der Waals surface area (Å²) in [7, 11) is 0. The van der Waals surface area contributed by atoms with E-state index in [1.807, 2.05) is 41.1 Å². The quantitative estimate of drug-likeness (QED) is 0.233. The lowest BCUT2D eigenvalue weighted by Gasteiger charge is -2.11. The van der Waals surface area contributed by atoms with Crippen molar-refractivity contribution < 1.29 is 4.39 Å². The van der Waals surface area contributed by atoms with Gasteiger partial charge in [0.2, 0.25) is 0 Å². The van der Waals surface area contributed by atoms with Gasteiger partial charge in [0.1, 0.15) is 17.7 Å². The van der Waals surface area contributed by atoms with Crippen molar-refractivity contribution in [3.8, 4) is 0 Å². The predicted octanol–water partition coefficient (Wildman–Crippen LogP) is 6.47. The van der Waals surface area contributed by atoms with Crippen molar-refractivity contribution in [1.29, 1.82) is 0 Å². The smallest absolute Gasteiger partial charge is 0.158 e. The summed E-state index contributed by atoms with van der Waals surface area (Å²) in [5, 5.41) is 8.35. The molecule has 0 fully saturated rings. The molecule has 2 aromatic heterocycles. The number of nitrogens with one attached hydrogen (secondary N) is 1. The number of aryl methyl sites for hydroxylation is 2. The highest BCUT2D eigenvalue weighted by Gasteiger charge is 2.11. The van der Waals surface area contributed by atoms with Crippen LogP contribution in [0.5, 0.6) is 0 Å². The summed E-state index contributed by atoms with van der Waals surface area (Å²) >= 11 is 8.33. The van der Waals surface area contributed by atoms with Crippen LogP contribution < -0.4 is 5.32 Å². The largest absolute Gasteiger partial charge is 0.338 e. The van der Waals surface area contributed by atoms with Gasteiger partial charge in [-0.2, -0.15) is 16.9 Å². The summed E-state index contributed by atoms with van der Waals surface area (Å²) in [5.74, 6) is 2.26. The molecule has 31 heavy (non-hydrogen) atoms. The van der Waals surface area contributed by atoms with Gasteiger partial charge in [-0.05, 0) is 59.9 Å². The second-order valence-corrected chi connectivity index (χ2v) is 8.55. The third-order valence-corrected chi connectivity index (χ3v) is 6.26. The van der Waals surface area contributed by atoms with E-state index in [0.717, 1.165) is 58.1 Å². The third-order valence-electron chi connectivity index (χ3n) is 4.92. The molecule has 0 atom stereocenters. The van der Waals surface area contributed by atoms with Gasteiger partial charge in [-0.1, -0.05) is 35.9 Å². The number of benzene rings is 2. The van der Waals surface area contributed by atoms with Gasteiger partial charge in [0, 0.05) is 28.4 Å². The summed E-state index contributed by atoms with van der Waals surface area (Å²) in [6.45, 7) is 3.77. The van der Waals surface area contributed by atoms with Crippen molar-refractivity contribution in [3.05, 3.63) is 101 Å². The lowest BCUT2D eigenvalue weighted by Crippen LogP contribution is -2.01. The van der Waals surface area contributed by atoms with E-state index in [4.69, 9.17) is 11.6 Å². The van der Waals surface area contributed by atoms with Crippen molar-refractivity contribution in [1.82, 2.24) is 14.6 Å². The van der Waals surface area contributed by atoms with Crippen molar-refractivity contribution in [2.24, 2.45) is 0 Å². The SMILES string of the molecule is C=CCSCc1ccn2ncnc(Nc3ccc(CCc4cccc(F)c4)c(Cl)c3)c12. The van der Waals surface area contributed by atoms with Crippen LogP contribution in [0.2, 0.25) is 5.02 Å². The summed E-state index contributed by atoms with van der Waals surface area (Å²) in [6.07, 6.45) is 6.84. The second kappa shape index (κ2) is 9.98. The first kappa shape index (κ1) is 21.4. The lowest BCUT2D eigenvalue weighted by atomic mass is 10.0. The van der Waals surface area contributed by atoms with Crippen LogP contribution in [-0.2, 0) is 18.6 Å². The van der Waals surface area contributed by atoms with Crippen LogP contribution >= 0.6 is 23.4 Å². The standard InChI is InChI=1S/C24H22ClFN4S/c1-2-12-31-15-19-10-11-30-23(19)24(27-16-28-30)29-21-9-8-18(22(25)14-21)7-6-17-4-3-5-20(26)13-17/h2-5,8-11,13-14,16H,1,6-7,12,15H2,(H,27,28,29). The number of hydrogen-bond donors (Lipinski definition) is 1. The van der Waals surface area contributed by atoms with Crippen LogP contribution in [0.1, 0.15) is 16.7 Å². The number of thioether (sulfide) groups is 1. The maximum Gasteiger partial charge on any atom is 0.158 e. The number of hydrogen-bond acceptors (Lipinski definition) is 4. The summed E-state index contributed by atoms with van der Waals surface area (Å²) < 4.78 is 15.2. The van der Waals surface area contributed by atoms with Gasteiger partial charge in [0.25, 0.3) is 0 Å². The molecule has 4 nitrogen and oxygen atoms in total. The highest BCUT2D eigenvalue weighted by molar-refractivity contribution is 7.98. The normalized spacial score (nSPS) is 11.0. The molecule has 0 radical (unpaired) electrons. The van der Waals surface area contributed by atoms with Crippen molar-refractivity contribution in [2.75, 3.05) is 11.1 Å². The Morgan fingerprint density at radius 3 is 2.84 bits per heavy atom. The Kier molecular flexibility index (Phi) is 6.89. The number of halogens is 2. The van der Waals surface area contributed by atoms with Gasteiger partial charge in [-0.25, -0.2) is 13.9 Å². The zero-order valence-electron chi connectivity index (χ0n) is 16.9. The monoisotopic (exact) mass is 452 g/mol. The van der Waals surface area contributed by atoms with E-state index >= 15 is 0 Å². The molecule has 0 aliphatic carbocycles. The number of aromatic nitrogens is 3. The zero-order chi connectivity index (χ0) is 21.6. The maximum atomic E-state index is 13.4. The van der Waals surface area contributed by atoms with Crippen molar-refractivity contribution >= 4 is 40.4 Å². The molecule has 4 rings (SSSR count).